The molecular weight excluding hydrogens is 308 g/mol. The highest BCUT2D eigenvalue weighted by Crippen LogP contribution is 2.49. The zero-order valence-corrected chi connectivity index (χ0v) is 13.8. The molecule has 3 aliphatic rings. The van der Waals surface area contributed by atoms with E-state index in [1.165, 1.54) is 0 Å². The molecule has 0 unspecified atom stereocenters. The molecule has 0 aromatic heterocycles. The first kappa shape index (κ1) is 15.3. The fourth-order valence-electron chi connectivity index (χ4n) is 3.40. The maximum absolute atomic E-state index is 12.8. The lowest BCUT2D eigenvalue weighted by Gasteiger charge is -2.32. The average molecular weight is 330 g/mol. The summed E-state index contributed by atoms with van der Waals surface area (Å²) < 4.78 is 10.6. The number of fused-ring (bicyclic) bond motifs is 1. The molecule has 1 aromatic rings. The molecule has 6 heteroatoms. The van der Waals surface area contributed by atoms with Gasteiger partial charge in [-0.25, -0.2) is 0 Å². The lowest BCUT2D eigenvalue weighted by molar-refractivity contribution is -0.143. The van der Waals surface area contributed by atoms with E-state index < -0.39 is 5.41 Å². The molecular formula is C18H22N2O4. The molecule has 6 nitrogen and oxygen atoms in total. The molecule has 1 saturated carbocycles. The number of benzene rings is 1. The zero-order valence-electron chi connectivity index (χ0n) is 13.8. The first-order chi connectivity index (χ1) is 11.6. The maximum Gasteiger partial charge on any atom is 0.240 e. The van der Waals surface area contributed by atoms with Crippen molar-refractivity contribution in [1.29, 1.82) is 0 Å². The van der Waals surface area contributed by atoms with Gasteiger partial charge in [-0.05, 0) is 43.7 Å². The molecule has 1 N–H and O–H groups in total. The van der Waals surface area contributed by atoms with Crippen molar-refractivity contribution in [3.8, 4) is 11.5 Å². The van der Waals surface area contributed by atoms with Gasteiger partial charge in [0.2, 0.25) is 18.6 Å². The zero-order chi connectivity index (χ0) is 16.7. The molecule has 2 aliphatic heterocycles. The third-order valence-corrected chi connectivity index (χ3v) is 5.30. The summed E-state index contributed by atoms with van der Waals surface area (Å²) in [6.45, 7) is 3.93. The quantitative estimate of drug-likeness (QED) is 0.864. The molecule has 0 radical (unpaired) electrons. The van der Waals surface area contributed by atoms with Gasteiger partial charge >= 0.3 is 0 Å². The van der Waals surface area contributed by atoms with Crippen molar-refractivity contribution in [3.05, 3.63) is 18.2 Å². The van der Waals surface area contributed by atoms with Crippen molar-refractivity contribution in [2.24, 2.45) is 11.3 Å². The number of nitrogens with zero attached hydrogens (tertiary/aromatic N) is 1. The highest BCUT2D eigenvalue weighted by atomic mass is 16.7. The van der Waals surface area contributed by atoms with Crippen molar-refractivity contribution in [2.75, 3.05) is 25.2 Å². The third-order valence-electron chi connectivity index (χ3n) is 5.30. The lowest BCUT2D eigenvalue weighted by atomic mass is 9.96. The number of piperidine rings is 1. The van der Waals surface area contributed by atoms with Crippen molar-refractivity contribution in [3.63, 3.8) is 0 Å². The van der Waals surface area contributed by atoms with Crippen LogP contribution in [0.1, 0.15) is 32.6 Å². The average Bonchev–Trinajstić information content (AvgIpc) is 3.27. The summed E-state index contributed by atoms with van der Waals surface area (Å²) in [6.07, 6.45) is 3.31. The highest BCUT2D eigenvalue weighted by molar-refractivity contribution is 6.13. The Morgan fingerprint density at radius 1 is 1.17 bits per heavy atom. The molecule has 2 heterocycles. The summed E-state index contributed by atoms with van der Waals surface area (Å²) in [5, 5.41) is 2.88. The highest BCUT2D eigenvalue weighted by Gasteiger charge is 2.58. The van der Waals surface area contributed by atoms with Crippen LogP contribution >= 0.6 is 0 Å². The largest absolute Gasteiger partial charge is 0.454 e. The number of nitrogens with one attached hydrogen (secondary N) is 1. The maximum atomic E-state index is 12.8. The SMILES string of the molecule is CC1CCN(C(=O)C2(C(=O)Nc3ccc4c(c3)OCO4)CC2)CC1. The van der Waals surface area contributed by atoms with Gasteiger partial charge in [-0.1, -0.05) is 6.92 Å². The van der Waals surface area contributed by atoms with Gasteiger partial charge < -0.3 is 19.7 Å². The minimum atomic E-state index is -0.864. The molecule has 0 spiro atoms. The smallest absolute Gasteiger partial charge is 0.240 e. The third kappa shape index (κ3) is 2.60. The van der Waals surface area contributed by atoms with E-state index in [0.29, 0.717) is 35.9 Å². The second-order valence-electron chi connectivity index (χ2n) is 7.08. The Hall–Kier alpha value is -2.24. The van der Waals surface area contributed by atoms with Crippen molar-refractivity contribution < 1.29 is 19.1 Å². The van der Waals surface area contributed by atoms with Crippen LogP contribution in [0, 0.1) is 11.3 Å². The minimum Gasteiger partial charge on any atom is -0.454 e. The van der Waals surface area contributed by atoms with Gasteiger partial charge in [0.05, 0.1) is 0 Å². The molecule has 2 fully saturated rings. The number of rotatable bonds is 3. The van der Waals surface area contributed by atoms with Crippen molar-refractivity contribution in [1.82, 2.24) is 4.90 Å². The van der Waals surface area contributed by atoms with Crippen molar-refractivity contribution >= 4 is 17.5 Å². The van der Waals surface area contributed by atoms with E-state index in [-0.39, 0.29) is 18.6 Å². The molecule has 1 aromatic carbocycles. The molecule has 128 valence electrons. The Kier molecular flexibility index (Phi) is 3.62. The van der Waals surface area contributed by atoms with Gasteiger partial charge in [-0.2, -0.15) is 0 Å². The van der Waals surface area contributed by atoms with Crippen LogP contribution in [0.15, 0.2) is 18.2 Å². The molecule has 24 heavy (non-hydrogen) atoms. The van der Waals surface area contributed by atoms with E-state index >= 15 is 0 Å². The molecule has 0 bridgehead atoms. The fourth-order valence-corrected chi connectivity index (χ4v) is 3.40. The second-order valence-corrected chi connectivity index (χ2v) is 7.08. The van der Waals surface area contributed by atoms with E-state index in [2.05, 4.69) is 12.2 Å². The number of carbonyl (C=O) groups is 2. The number of ether oxygens (including phenoxy) is 2. The van der Waals surface area contributed by atoms with E-state index in [4.69, 9.17) is 9.47 Å². The Morgan fingerprint density at radius 3 is 2.58 bits per heavy atom. The number of anilines is 1. The summed E-state index contributed by atoms with van der Waals surface area (Å²) in [5.41, 5.74) is -0.229. The fraction of sp³-hybridized carbons (Fsp3) is 0.556. The Labute approximate surface area is 141 Å². The number of hydrogen-bond donors (Lipinski definition) is 1. The number of carbonyl (C=O) groups excluding carboxylic acids is 2. The van der Waals surface area contributed by atoms with Crippen LogP contribution in [0.4, 0.5) is 5.69 Å². The Balaban J connectivity index is 1.44. The predicted octanol–water partition coefficient (Wildman–Crippen LogP) is 2.39. The summed E-state index contributed by atoms with van der Waals surface area (Å²) in [5.74, 6) is 1.74. The molecule has 4 rings (SSSR count). The van der Waals surface area contributed by atoms with Gasteiger partial charge in [-0.3, -0.25) is 9.59 Å². The minimum absolute atomic E-state index is 0.00681. The second kappa shape index (κ2) is 5.69. The Morgan fingerprint density at radius 2 is 1.88 bits per heavy atom. The van der Waals surface area contributed by atoms with Crippen LogP contribution in [0.5, 0.6) is 11.5 Å². The van der Waals surface area contributed by atoms with Crippen LogP contribution < -0.4 is 14.8 Å². The van der Waals surface area contributed by atoms with Crippen LogP contribution in [0.3, 0.4) is 0 Å². The van der Waals surface area contributed by atoms with Crippen LogP contribution in [0.25, 0.3) is 0 Å². The van der Waals surface area contributed by atoms with E-state index in [1.807, 2.05) is 4.90 Å². The number of amides is 2. The normalized spacial score (nSPS) is 21.5. The molecule has 1 saturated heterocycles. The predicted molar refractivity (Wildman–Crippen MR) is 87.8 cm³/mol. The van der Waals surface area contributed by atoms with E-state index in [9.17, 15) is 9.59 Å². The lowest BCUT2D eigenvalue weighted by Crippen LogP contribution is -2.46. The topological polar surface area (TPSA) is 67.9 Å². The van der Waals surface area contributed by atoms with Crippen molar-refractivity contribution in [2.45, 2.75) is 32.6 Å². The monoisotopic (exact) mass is 330 g/mol. The van der Waals surface area contributed by atoms with Gasteiger partial charge in [0.25, 0.3) is 0 Å². The van der Waals surface area contributed by atoms with Gasteiger partial charge in [-0.15, -0.1) is 0 Å². The van der Waals surface area contributed by atoms with Crippen LogP contribution in [-0.2, 0) is 9.59 Å². The summed E-state index contributed by atoms with van der Waals surface area (Å²) in [4.78, 5) is 27.4. The molecule has 1 aliphatic carbocycles. The van der Waals surface area contributed by atoms with E-state index in [0.717, 1.165) is 25.9 Å². The first-order valence-corrected chi connectivity index (χ1v) is 8.59. The summed E-state index contributed by atoms with van der Waals surface area (Å²) in [6, 6.07) is 5.28. The summed E-state index contributed by atoms with van der Waals surface area (Å²) in [7, 11) is 0. The Bertz CT molecular complexity index is 676. The van der Waals surface area contributed by atoms with E-state index in [1.54, 1.807) is 18.2 Å². The summed E-state index contributed by atoms with van der Waals surface area (Å²) >= 11 is 0. The number of likely N-dealkylation sites (tertiary alicyclic amines) is 1. The number of hydrogen-bond acceptors (Lipinski definition) is 4. The molecule has 0 atom stereocenters. The van der Waals surface area contributed by atoms with Gasteiger partial charge in [0.1, 0.15) is 5.41 Å². The van der Waals surface area contributed by atoms with Gasteiger partial charge in [0, 0.05) is 24.8 Å². The standard InChI is InChI=1S/C18H22N2O4/c1-12-4-8-20(9-5-12)17(22)18(6-7-18)16(21)19-13-2-3-14-15(10-13)24-11-23-14/h2-3,10,12H,4-9,11H2,1H3,(H,19,21). The molecule has 2 amide bonds. The van der Waals surface area contributed by atoms with Gasteiger partial charge in [0.15, 0.2) is 11.5 Å². The van der Waals surface area contributed by atoms with Crippen LogP contribution in [-0.4, -0.2) is 36.6 Å². The van der Waals surface area contributed by atoms with Crippen LogP contribution in [0.2, 0.25) is 0 Å². The first-order valence-electron chi connectivity index (χ1n) is 8.59.